The van der Waals surface area contributed by atoms with Gasteiger partial charge in [0.05, 0.1) is 18.2 Å². The minimum absolute atomic E-state index is 0.171. The molecule has 6 nitrogen and oxygen atoms in total. The third kappa shape index (κ3) is 3.59. The summed E-state index contributed by atoms with van der Waals surface area (Å²) in [6, 6.07) is 6.41. The second-order valence-electron chi connectivity index (χ2n) is 5.03. The van der Waals surface area contributed by atoms with Gasteiger partial charge in [-0.1, -0.05) is 19.1 Å². The molecule has 2 heterocycles. The van der Waals surface area contributed by atoms with Crippen molar-refractivity contribution in [3.05, 3.63) is 48.1 Å². The van der Waals surface area contributed by atoms with Gasteiger partial charge in [-0.05, 0) is 12.1 Å². The monoisotopic (exact) mass is 331 g/mol. The number of benzene rings is 1. The number of hydrogen-bond acceptors (Lipinski definition) is 5. The van der Waals surface area contributed by atoms with E-state index < -0.39 is 0 Å². The first-order chi connectivity index (χ1) is 11.1. The molecule has 0 aliphatic carbocycles. The predicted molar refractivity (Wildman–Crippen MR) is 85.3 cm³/mol. The van der Waals surface area contributed by atoms with Crippen LogP contribution >= 0.6 is 11.3 Å². The quantitative estimate of drug-likeness (QED) is 0.780. The molecule has 3 aromatic rings. The molecule has 0 unspecified atom stereocenters. The number of nitrogens with one attached hydrogen (secondary N) is 1. The number of hydrogen-bond donors (Lipinski definition) is 1. The summed E-state index contributed by atoms with van der Waals surface area (Å²) < 4.78 is 15.3. The van der Waals surface area contributed by atoms with E-state index in [4.69, 9.17) is 0 Å². The van der Waals surface area contributed by atoms with Crippen molar-refractivity contribution in [3.8, 4) is 11.3 Å². The Kier molecular flexibility index (Phi) is 4.42. The number of thiazole rings is 1. The van der Waals surface area contributed by atoms with E-state index in [2.05, 4.69) is 20.4 Å². The van der Waals surface area contributed by atoms with Crippen LogP contribution < -0.4 is 5.32 Å². The molecule has 3 rings (SSSR count). The number of carbonyl (C=O) groups excluding carboxylic acids is 1. The fourth-order valence-corrected chi connectivity index (χ4v) is 2.76. The molecular weight excluding hydrogens is 317 g/mol. The highest BCUT2D eigenvalue weighted by molar-refractivity contribution is 7.14. The molecule has 0 fully saturated rings. The van der Waals surface area contributed by atoms with Crippen molar-refractivity contribution in [2.75, 3.05) is 5.32 Å². The summed E-state index contributed by atoms with van der Waals surface area (Å²) in [6.07, 6.45) is 2.98. The zero-order chi connectivity index (χ0) is 16.2. The highest BCUT2D eigenvalue weighted by Crippen LogP contribution is 2.27. The number of halogens is 1. The normalized spacial score (nSPS) is 12.1. The number of rotatable bonds is 5. The van der Waals surface area contributed by atoms with Crippen molar-refractivity contribution in [1.29, 1.82) is 0 Å². The number of aromatic nitrogens is 4. The third-order valence-electron chi connectivity index (χ3n) is 3.26. The zero-order valence-electron chi connectivity index (χ0n) is 12.3. The molecule has 0 spiro atoms. The van der Waals surface area contributed by atoms with Gasteiger partial charge in [-0.25, -0.2) is 14.4 Å². The zero-order valence-corrected chi connectivity index (χ0v) is 13.1. The molecule has 0 bridgehead atoms. The summed E-state index contributed by atoms with van der Waals surface area (Å²) in [5, 5.41) is 8.88. The molecular formula is C15H14FN5OS. The Morgan fingerprint density at radius 1 is 1.43 bits per heavy atom. The van der Waals surface area contributed by atoms with Crippen molar-refractivity contribution >= 4 is 22.4 Å². The van der Waals surface area contributed by atoms with Gasteiger partial charge in [0.25, 0.3) is 0 Å². The molecule has 8 heteroatoms. The molecule has 0 aliphatic rings. The summed E-state index contributed by atoms with van der Waals surface area (Å²) in [6.45, 7) is 2.22. The average molecular weight is 331 g/mol. The van der Waals surface area contributed by atoms with Crippen LogP contribution in [-0.4, -0.2) is 25.7 Å². The van der Waals surface area contributed by atoms with Crippen LogP contribution in [0.15, 0.2) is 42.3 Å². The SMILES string of the molecule is C[C@H](Cn1cncn1)C(=O)Nc1nc(-c2ccccc2F)cs1. The lowest BCUT2D eigenvalue weighted by Crippen LogP contribution is -2.24. The van der Waals surface area contributed by atoms with E-state index in [1.807, 2.05) is 0 Å². The first kappa shape index (κ1) is 15.3. The van der Waals surface area contributed by atoms with Crippen LogP contribution in [0.3, 0.4) is 0 Å². The van der Waals surface area contributed by atoms with Crippen molar-refractivity contribution in [1.82, 2.24) is 19.7 Å². The Labute approximate surface area is 136 Å². The van der Waals surface area contributed by atoms with Gasteiger partial charge in [-0.15, -0.1) is 11.3 Å². The smallest absolute Gasteiger partial charge is 0.230 e. The van der Waals surface area contributed by atoms with Gasteiger partial charge < -0.3 is 5.32 Å². The van der Waals surface area contributed by atoms with Gasteiger partial charge in [0, 0.05) is 10.9 Å². The Hall–Kier alpha value is -2.61. The second-order valence-corrected chi connectivity index (χ2v) is 5.88. The lowest BCUT2D eigenvalue weighted by Gasteiger charge is -2.10. The summed E-state index contributed by atoms with van der Waals surface area (Å²) in [5.74, 6) is -0.803. The van der Waals surface area contributed by atoms with Crippen molar-refractivity contribution in [2.45, 2.75) is 13.5 Å². The van der Waals surface area contributed by atoms with Gasteiger partial charge in [0.2, 0.25) is 5.91 Å². The molecule has 0 saturated heterocycles. The molecule has 23 heavy (non-hydrogen) atoms. The van der Waals surface area contributed by atoms with E-state index in [1.54, 1.807) is 41.5 Å². The standard InChI is InChI=1S/C15H14FN5OS/c1-10(6-21-9-17-8-18-21)14(22)20-15-19-13(7-23-15)11-4-2-3-5-12(11)16/h2-5,7-10H,6H2,1H3,(H,19,20,22)/t10-/m1/s1. The Morgan fingerprint density at radius 3 is 3.00 bits per heavy atom. The summed E-state index contributed by atoms with van der Waals surface area (Å²) in [7, 11) is 0. The van der Waals surface area contributed by atoms with Crippen molar-refractivity contribution < 1.29 is 9.18 Å². The number of anilines is 1. The van der Waals surface area contributed by atoms with Crippen LogP contribution in [0.4, 0.5) is 9.52 Å². The van der Waals surface area contributed by atoms with Gasteiger partial charge in [0.15, 0.2) is 5.13 Å². The maximum atomic E-state index is 13.7. The van der Waals surface area contributed by atoms with E-state index in [9.17, 15) is 9.18 Å². The van der Waals surface area contributed by atoms with Crippen LogP contribution in [-0.2, 0) is 11.3 Å². The van der Waals surface area contributed by atoms with E-state index in [0.717, 1.165) is 0 Å². The first-order valence-electron chi connectivity index (χ1n) is 6.97. The van der Waals surface area contributed by atoms with Gasteiger partial charge in [0.1, 0.15) is 18.5 Å². The van der Waals surface area contributed by atoms with Crippen LogP contribution in [0.25, 0.3) is 11.3 Å². The third-order valence-corrected chi connectivity index (χ3v) is 4.02. The van der Waals surface area contributed by atoms with Crippen LogP contribution in [0.1, 0.15) is 6.92 Å². The first-order valence-corrected chi connectivity index (χ1v) is 7.85. The predicted octanol–water partition coefficient (Wildman–Crippen LogP) is 2.82. The van der Waals surface area contributed by atoms with E-state index >= 15 is 0 Å². The van der Waals surface area contributed by atoms with Gasteiger partial charge in [-0.2, -0.15) is 5.10 Å². The van der Waals surface area contributed by atoms with Crippen LogP contribution in [0, 0.1) is 11.7 Å². The maximum Gasteiger partial charge on any atom is 0.230 e. The average Bonchev–Trinajstić information content (AvgIpc) is 3.19. The summed E-state index contributed by atoms with van der Waals surface area (Å²) in [5.41, 5.74) is 0.923. The topological polar surface area (TPSA) is 72.7 Å². The largest absolute Gasteiger partial charge is 0.302 e. The highest BCUT2D eigenvalue weighted by Gasteiger charge is 2.16. The van der Waals surface area contributed by atoms with Crippen LogP contribution in [0.2, 0.25) is 0 Å². The lowest BCUT2D eigenvalue weighted by atomic mass is 10.1. The van der Waals surface area contributed by atoms with Crippen molar-refractivity contribution in [3.63, 3.8) is 0 Å². The van der Waals surface area contributed by atoms with Crippen molar-refractivity contribution in [2.24, 2.45) is 5.92 Å². The van der Waals surface area contributed by atoms with Gasteiger partial charge in [-0.3, -0.25) is 9.48 Å². The number of nitrogens with zero attached hydrogens (tertiary/aromatic N) is 4. The maximum absolute atomic E-state index is 13.7. The Morgan fingerprint density at radius 2 is 2.26 bits per heavy atom. The molecule has 0 saturated carbocycles. The molecule has 1 aromatic carbocycles. The molecule has 0 aliphatic heterocycles. The minimum atomic E-state index is -0.338. The molecule has 1 amide bonds. The summed E-state index contributed by atoms with van der Waals surface area (Å²) >= 11 is 1.26. The lowest BCUT2D eigenvalue weighted by molar-refractivity contribution is -0.119. The van der Waals surface area contributed by atoms with Gasteiger partial charge >= 0.3 is 0 Å². The summed E-state index contributed by atoms with van der Waals surface area (Å²) in [4.78, 5) is 20.3. The fraction of sp³-hybridized carbons (Fsp3) is 0.200. The van der Waals surface area contributed by atoms with E-state index in [1.165, 1.54) is 23.7 Å². The molecule has 2 aromatic heterocycles. The molecule has 1 atom stereocenters. The van der Waals surface area contributed by atoms with E-state index in [0.29, 0.717) is 22.9 Å². The Balaban J connectivity index is 1.67. The second kappa shape index (κ2) is 6.66. The number of amides is 1. The molecule has 1 N–H and O–H groups in total. The number of carbonyl (C=O) groups is 1. The molecule has 0 radical (unpaired) electrons. The Bertz CT molecular complexity index is 802. The highest BCUT2D eigenvalue weighted by atomic mass is 32.1. The van der Waals surface area contributed by atoms with Crippen LogP contribution in [0.5, 0.6) is 0 Å². The minimum Gasteiger partial charge on any atom is -0.302 e. The molecule has 118 valence electrons. The fourth-order valence-electron chi connectivity index (χ4n) is 2.04. The van der Waals surface area contributed by atoms with E-state index in [-0.39, 0.29) is 17.6 Å².